The molecule has 0 aliphatic heterocycles. The zero-order chi connectivity index (χ0) is 19.7. The number of nitrogens with two attached hydrogens (primary N) is 1. The summed E-state index contributed by atoms with van der Waals surface area (Å²) in [6, 6.07) is 15.0. The molecule has 0 radical (unpaired) electrons. The summed E-state index contributed by atoms with van der Waals surface area (Å²) in [5.74, 6) is 0.877. The molecular weight excluding hydrogens is 360 g/mol. The van der Waals surface area contributed by atoms with Gasteiger partial charge in [0.1, 0.15) is 22.9 Å². The van der Waals surface area contributed by atoms with Crippen molar-refractivity contribution in [2.24, 2.45) is 0 Å². The van der Waals surface area contributed by atoms with Crippen molar-refractivity contribution in [2.75, 3.05) is 5.73 Å². The van der Waals surface area contributed by atoms with Gasteiger partial charge >= 0.3 is 5.69 Å². The monoisotopic (exact) mass is 378 g/mol. The molecule has 3 aromatic rings. The smallest absolute Gasteiger partial charge is 0.326 e. The minimum atomic E-state index is -0.788. The number of hydrogen-bond acceptors (Lipinski definition) is 5. The highest BCUT2D eigenvalue weighted by molar-refractivity contribution is 5.97. The van der Waals surface area contributed by atoms with Gasteiger partial charge in [0, 0.05) is 0 Å². The van der Waals surface area contributed by atoms with Crippen LogP contribution in [0.4, 0.5) is 5.69 Å². The van der Waals surface area contributed by atoms with Gasteiger partial charge in [0.05, 0.1) is 6.04 Å². The second-order valence-electron chi connectivity index (χ2n) is 6.54. The Balaban J connectivity index is 1.53. The minimum Gasteiger partial charge on any atom is -0.457 e. The zero-order valence-corrected chi connectivity index (χ0v) is 14.8. The van der Waals surface area contributed by atoms with E-state index < -0.39 is 17.2 Å². The molecule has 1 aliphatic carbocycles. The van der Waals surface area contributed by atoms with Crippen LogP contribution in [-0.2, 0) is 6.42 Å². The largest absolute Gasteiger partial charge is 0.457 e. The van der Waals surface area contributed by atoms with Gasteiger partial charge in [-0.1, -0.05) is 24.3 Å². The van der Waals surface area contributed by atoms with Gasteiger partial charge in [-0.2, -0.15) is 0 Å². The van der Waals surface area contributed by atoms with Crippen molar-refractivity contribution in [3.8, 4) is 11.5 Å². The zero-order valence-electron chi connectivity index (χ0n) is 14.8. The van der Waals surface area contributed by atoms with E-state index in [9.17, 15) is 14.4 Å². The highest BCUT2D eigenvalue weighted by Crippen LogP contribution is 2.35. The first-order valence-electron chi connectivity index (χ1n) is 8.80. The third-order valence-corrected chi connectivity index (χ3v) is 4.68. The number of nitrogens with one attached hydrogen (secondary N) is 3. The average molecular weight is 378 g/mol. The molecule has 5 N–H and O–H groups in total. The molecule has 0 spiro atoms. The Labute approximate surface area is 159 Å². The summed E-state index contributed by atoms with van der Waals surface area (Å²) in [4.78, 5) is 39.8. The molecule has 1 unspecified atom stereocenters. The molecule has 1 atom stereocenters. The van der Waals surface area contributed by atoms with E-state index in [-0.39, 0.29) is 17.4 Å². The van der Waals surface area contributed by atoms with Crippen LogP contribution in [0, 0.1) is 0 Å². The number of carbonyl (C=O) groups excluding carboxylic acids is 1. The quantitative estimate of drug-likeness (QED) is 0.550. The van der Waals surface area contributed by atoms with Gasteiger partial charge in [0.15, 0.2) is 0 Å². The molecule has 0 fully saturated rings. The number of rotatable bonds is 4. The van der Waals surface area contributed by atoms with Gasteiger partial charge in [-0.25, -0.2) is 4.79 Å². The molecule has 4 rings (SSSR count). The van der Waals surface area contributed by atoms with E-state index in [1.54, 1.807) is 0 Å². The van der Waals surface area contributed by atoms with E-state index in [0.717, 1.165) is 29.0 Å². The van der Waals surface area contributed by atoms with E-state index in [1.165, 1.54) is 0 Å². The Morgan fingerprint density at radius 3 is 2.64 bits per heavy atom. The van der Waals surface area contributed by atoms with Crippen molar-refractivity contribution in [3.63, 3.8) is 0 Å². The first-order chi connectivity index (χ1) is 13.5. The van der Waals surface area contributed by atoms with E-state index in [4.69, 9.17) is 10.5 Å². The number of para-hydroxylation sites is 1. The summed E-state index contributed by atoms with van der Waals surface area (Å²) in [6.07, 6.45) is 1.47. The minimum absolute atomic E-state index is 0.230. The van der Waals surface area contributed by atoms with Crippen LogP contribution in [0.2, 0.25) is 0 Å². The van der Waals surface area contributed by atoms with E-state index in [1.807, 2.05) is 53.5 Å². The van der Waals surface area contributed by atoms with Gasteiger partial charge in [-0.05, 0) is 48.2 Å². The molecule has 1 heterocycles. The Bertz CT molecular complexity index is 1150. The molecule has 2 aromatic carbocycles. The number of hydrogen-bond donors (Lipinski definition) is 4. The first-order valence-corrected chi connectivity index (χ1v) is 8.80. The highest BCUT2D eigenvalue weighted by Gasteiger charge is 2.26. The number of ether oxygens (including phenoxy) is 1. The summed E-state index contributed by atoms with van der Waals surface area (Å²) in [5, 5.41) is 2.83. The Morgan fingerprint density at radius 1 is 1.07 bits per heavy atom. The number of aromatic amines is 2. The van der Waals surface area contributed by atoms with Crippen LogP contribution >= 0.6 is 0 Å². The third-order valence-electron chi connectivity index (χ3n) is 4.68. The molecule has 142 valence electrons. The lowest BCUT2D eigenvalue weighted by Crippen LogP contribution is -2.34. The number of benzene rings is 2. The lowest BCUT2D eigenvalue weighted by Gasteiger charge is -2.15. The number of amides is 1. The fraction of sp³-hybridized carbons (Fsp3) is 0.150. The van der Waals surface area contributed by atoms with Crippen LogP contribution < -0.4 is 27.0 Å². The Kier molecular flexibility index (Phi) is 4.44. The number of fused-ring (bicyclic) bond motifs is 1. The van der Waals surface area contributed by atoms with Crippen molar-refractivity contribution in [2.45, 2.75) is 18.9 Å². The maximum Gasteiger partial charge on any atom is 0.326 e. The molecule has 28 heavy (non-hydrogen) atoms. The van der Waals surface area contributed by atoms with Crippen molar-refractivity contribution in [1.82, 2.24) is 15.3 Å². The summed E-state index contributed by atoms with van der Waals surface area (Å²) >= 11 is 0. The van der Waals surface area contributed by atoms with Crippen LogP contribution in [0.15, 0.2) is 58.1 Å². The Hall–Kier alpha value is -3.81. The van der Waals surface area contributed by atoms with Crippen LogP contribution in [0.25, 0.3) is 0 Å². The summed E-state index contributed by atoms with van der Waals surface area (Å²) in [6.45, 7) is 0. The fourth-order valence-corrected chi connectivity index (χ4v) is 3.34. The predicted molar refractivity (Wildman–Crippen MR) is 104 cm³/mol. The van der Waals surface area contributed by atoms with Crippen LogP contribution in [0.5, 0.6) is 11.5 Å². The molecule has 1 aliphatic rings. The maximum absolute atomic E-state index is 12.5. The molecule has 0 saturated carbocycles. The number of anilines is 1. The summed E-state index contributed by atoms with van der Waals surface area (Å²) in [7, 11) is 0. The maximum atomic E-state index is 12.5. The highest BCUT2D eigenvalue weighted by atomic mass is 16.5. The Morgan fingerprint density at radius 2 is 1.86 bits per heavy atom. The average Bonchev–Trinajstić information content (AvgIpc) is 3.07. The third kappa shape index (κ3) is 3.39. The molecule has 1 amide bonds. The van der Waals surface area contributed by atoms with Crippen molar-refractivity contribution < 1.29 is 9.53 Å². The molecule has 0 saturated heterocycles. The number of carbonyl (C=O) groups is 1. The fourth-order valence-electron chi connectivity index (χ4n) is 3.34. The van der Waals surface area contributed by atoms with Gasteiger partial charge in [-0.3, -0.25) is 14.6 Å². The van der Waals surface area contributed by atoms with Gasteiger partial charge in [0.2, 0.25) is 0 Å². The van der Waals surface area contributed by atoms with E-state index >= 15 is 0 Å². The van der Waals surface area contributed by atoms with E-state index in [2.05, 4.69) is 10.3 Å². The number of aromatic nitrogens is 2. The predicted octanol–water partition coefficient (Wildman–Crippen LogP) is 1.85. The van der Waals surface area contributed by atoms with Crippen LogP contribution in [0.3, 0.4) is 0 Å². The normalized spacial score (nSPS) is 15.1. The second-order valence-corrected chi connectivity index (χ2v) is 6.54. The second kappa shape index (κ2) is 7.07. The van der Waals surface area contributed by atoms with E-state index in [0.29, 0.717) is 6.42 Å². The number of H-pyrrole nitrogens is 2. The lowest BCUT2D eigenvalue weighted by atomic mass is 10.1. The molecular formula is C20H18N4O4. The topological polar surface area (TPSA) is 130 Å². The van der Waals surface area contributed by atoms with Crippen LogP contribution in [0.1, 0.15) is 34.1 Å². The molecule has 8 heteroatoms. The van der Waals surface area contributed by atoms with Gasteiger partial charge in [-0.15, -0.1) is 0 Å². The number of aryl methyl sites for hydroxylation is 1. The van der Waals surface area contributed by atoms with Crippen molar-refractivity contribution in [3.05, 3.63) is 86.2 Å². The SMILES string of the molecule is Nc1c(C(=O)NC2CCc3cc(Oc4ccccc4)ccc32)[nH]c(=O)[nH]c1=O. The number of nitrogen functional groups attached to an aromatic ring is 1. The summed E-state index contributed by atoms with van der Waals surface area (Å²) in [5.41, 5.74) is 5.55. The first kappa shape index (κ1) is 17.6. The van der Waals surface area contributed by atoms with Crippen molar-refractivity contribution >= 4 is 11.6 Å². The van der Waals surface area contributed by atoms with Crippen molar-refractivity contribution in [1.29, 1.82) is 0 Å². The molecule has 1 aromatic heterocycles. The lowest BCUT2D eigenvalue weighted by molar-refractivity contribution is 0.0932. The van der Waals surface area contributed by atoms with Crippen LogP contribution in [-0.4, -0.2) is 15.9 Å². The van der Waals surface area contributed by atoms with Gasteiger partial charge in [0.25, 0.3) is 11.5 Å². The molecule has 0 bridgehead atoms. The molecule has 8 nitrogen and oxygen atoms in total. The standard InChI is InChI=1S/C20H18N4O4/c21-16-17(23-20(27)24-18(16)25)19(26)22-15-9-6-11-10-13(7-8-14(11)15)28-12-4-2-1-3-5-12/h1-5,7-8,10,15H,6,9,21H2,(H,22,26)(H2,23,24,25,27). The summed E-state index contributed by atoms with van der Waals surface area (Å²) < 4.78 is 5.85. The van der Waals surface area contributed by atoms with Gasteiger partial charge < -0.3 is 20.8 Å².